The third-order valence-corrected chi connectivity index (χ3v) is 3.74. The molecule has 0 aromatic heterocycles. The second-order valence-corrected chi connectivity index (χ2v) is 5.69. The molecule has 0 bridgehead atoms. The molecule has 2 aromatic carbocycles. The second kappa shape index (κ2) is 9.19. The van der Waals surface area contributed by atoms with E-state index in [1.807, 2.05) is 30.3 Å². The minimum absolute atomic E-state index is 0.394. The molecule has 0 saturated carbocycles. The van der Waals surface area contributed by atoms with E-state index >= 15 is 0 Å². The first-order valence-corrected chi connectivity index (χ1v) is 8.30. The van der Waals surface area contributed by atoms with Gasteiger partial charge in [0, 0.05) is 11.8 Å². The van der Waals surface area contributed by atoms with Gasteiger partial charge in [-0.2, -0.15) is 5.26 Å². The summed E-state index contributed by atoms with van der Waals surface area (Å²) in [5.41, 5.74) is 3.13. The van der Waals surface area contributed by atoms with Crippen LogP contribution < -0.4 is 5.32 Å². The van der Waals surface area contributed by atoms with Crippen molar-refractivity contribution < 1.29 is 14.3 Å². The lowest BCUT2D eigenvalue weighted by molar-refractivity contribution is -0.148. The fraction of sp³-hybridized carbons (Fsp3) is 0.190. The monoisotopic (exact) mass is 348 g/mol. The first-order chi connectivity index (χ1) is 12.5. The quantitative estimate of drug-likeness (QED) is 0.637. The van der Waals surface area contributed by atoms with Crippen molar-refractivity contribution in [2.45, 2.75) is 26.4 Å². The predicted molar refractivity (Wildman–Crippen MR) is 100 cm³/mol. The van der Waals surface area contributed by atoms with Gasteiger partial charge in [-0.1, -0.05) is 31.2 Å². The molecule has 1 atom stereocenters. The van der Waals surface area contributed by atoms with E-state index in [4.69, 9.17) is 10.00 Å². The molecule has 2 aromatic rings. The molecule has 0 heterocycles. The van der Waals surface area contributed by atoms with Gasteiger partial charge in [0.2, 0.25) is 0 Å². The second-order valence-electron chi connectivity index (χ2n) is 5.69. The van der Waals surface area contributed by atoms with Crippen molar-refractivity contribution in [1.29, 1.82) is 5.26 Å². The average molecular weight is 348 g/mol. The summed E-state index contributed by atoms with van der Waals surface area (Å²) in [4.78, 5) is 24.0. The number of ether oxygens (including phenoxy) is 1. The van der Waals surface area contributed by atoms with Crippen molar-refractivity contribution >= 4 is 23.6 Å². The number of esters is 1. The SMILES string of the molecule is CCc1ccc(NC(=O)[C@@H](C)OC(=O)/C=C/c2ccc(C#N)cc2)cc1. The molecule has 0 fully saturated rings. The summed E-state index contributed by atoms with van der Waals surface area (Å²) < 4.78 is 5.11. The van der Waals surface area contributed by atoms with Gasteiger partial charge in [-0.15, -0.1) is 0 Å². The van der Waals surface area contributed by atoms with E-state index in [1.54, 1.807) is 30.3 Å². The van der Waals surface area contributed by atoms with Crippen LogP contribution in [0.2, 0.25) is 0 Å². The normalized spacial score (nSPS) is 11.6. The van der Waals surface area contributed by atoms with Crippen LogP contribution in [0.4, 0.5) is 5.69 Å². The Labute approximate surface area is 152 Å². The number of hydrogen-bond acceptors (Lipinski definition) is 4. The van der Waals surface area contributed by atoms with Crippen LogP contribution in [-0.2, 0) is 20.7 Å². The molecule has 5 heteroatoms. The van der Waals surface area contributed by atoms with Crippen LogP contribution >= 0.6 is 0 Å². The first-order valence-electron chi connectivity index (χ1n) is 8.30. The highest BCUT2D eigenvalue weighted by Gasteiger charge is 2.16. The van der Waals surface area contributed by atoms with Crippen LogP contribution in [-0.4, -0.2) is 18.0 Å². The van der Waals surface area contributed by atoms with Crippen molar-refractivity contribution in [3.05, 3.63) is 71.3 Å². The zero-order valence-corrected chi connectivity index (χ0v) is 14.7. The summed E-state index contributed by atoms with van der Waals surface area (Å²) in [7, 11) is 0. The van der Waals surface area contributed by atoms with Crippen LogP contribution in [0.3, 0.4) is 0 Å². The zero-order chi connectivity index (χ0) is 18.9. The molecular weight excluding hydrogens is 328 g/mol. The Balaban J connectivity index is 1.87. The smallest absolute Gasteiger partial charge is 0.331 e. The topological polar surface area (TPSA) is 79.2 Å². The number of nitriles is 1. The molecule has 1 N–H and O–H groups in total. The fourth-order valence-corrected chi connectivity index (χ4v) is 2.17. The number of amides is 1. The minimum Gasteiger partial charge on any atom is -0.449 e. The molecule has 0 aliphatic rings. The van der Waals surface area contributed by atoms with Gasteiger partial charge in [0.15, 0.2) is 6.10 Å². The average Bonchev–Trinajstić information content (AvgIpc) is 2.67. The molecule has 1 amide bonds. The lowest BCUT2D eigenvalue weighted by Gasteiger charge is -2.12. The Kier molecular flexibility index (Phi) is 6.69. The van der Waals surface area contributed by atoms with Crippen LogP contribution in [0.5, 0.6) is 0 Å². The largest absolute Gasteiger partial charge is 0.449 e. The molecule has 5 nitrogen and oxygen atoms in total. The van der Waals surface area contributed by atoms with Gasteiger partial charge in [-0.05, 0) is 54.8 Å². The summed E-state index contributed by atoms with van der Waals surface area (Å²) in [6.45, 7) is 3.57. The van der Waals surface area contributed by atoms with Crippen LogP contribution in [0.1, 0.15) is 30.5 Å². The molecule has 0 aliphatic carbocycles. The van der Waals surface area contributed by atoms with E-state index in [9.17, 15) is 9.59 Å². The molecule has 2 rings (SSSR count). The van der Waals surface area contributed by atoms with E-state index in [0.717, 1.165) is 12.0 Å². The van der Waals surface area contributed by atoms with Gasteiger partial charge in [0.1, 0.15) is 0 Å². The van der Waals surface area contributed by atoms with E-state index < -0.39 is 18.0 Å². The summed E-state index contributed by atoms with van der Waals surface area (Å²) in [5.74, 6) is -1.01. The Bertz CT molecular complexity index is 831. The Morgan fingerprint density at radius 1 is 1.15 bits per heavy atom. The number of aryl methyl sites for hydroxylation is 1. The van der Waals surface area contributed by atoms with Gasteiger partial charge < -0.3 is 10.1 Å². The van der Waals surface area contributed by atoms with Gasteiger partial charge in [-0.25, -0.2) is 4.79 Å². The number of nitrogens with one attached hydrogen (secondary N) is 1. The maximum Gasteiger partial charge on any atom is 0.331 e. The molecule has 0 aliphatic heterocycles. The number of rotatable bonds is 6. The number of anilines is 1. The fourth-order valence-electron chi connectivity index (χ4n) is 2.17. The number of carbonyl (C=O) groups is 2. The summed E-state index contributed by atoms with van der Waals surface area (Å²) >= 11 is 0. The molecule has 0 spiro atoms. The van der Waals surface area contributed by atoms with E-state index in [0.29, 0.717) is 11.3 Å². The summed E-state index contributed by atoms with van der Waals surface area (Å²) in [6.07, 6.45) is 2.83. The third-order valence-electron chi connectivity index (χ3n) is 3.74. The molecule has 0 radical (unpaired) electrons. The zero-order valence-electron chi connectivity index (χ0n) is 14.7. The van der Waals surface area contributed by atoms with E-state index in [-0.39, 0.29) is 0 Å². The van der Waals surface area contributed by atoms with Crippen molar-refractivity contribution in [3.8, 4) is 6.07 Å². The summed E-state index contributed by atoms with van der Waals surface area (Å²) in [6, 6.07) is 16.3. The number of carbonyl (C=O) groups excluding carboxylic acids is 2. The van der Waals surface area contributed by atoms with Gasteiger partial charge in [0.05, 0.1) is 11.6 Å². The number of hydrogen-bond donors (Lipinski definition) is 1. The van der Waals surface area contributed by atoms with Crippen molar-refractivity contribution in [3.63, 3.8) is 0 Å². The molecule has 0 unspecified atom stereocenters. The van der Waals surface area contributed by atoms with Crippen LogP contribution in [0.15, 0.2) is 54.6 Å². The van der Waals surface area contributed by atoms with E-state index in [2.05, 4.69) is 12.2 Å². The van der Waals surface area contributed by atoms with Crippen molar-refractivity contribution in [2.24, 2.45) is 0 Å². The highest BCUT2D eigenvalue weighted by atomic mass is 16.5. The lowest BCUT2D eigenvalue weighted by atomic mass is 10.1. The summed E-state index contributed by atoms with van der Waals surface area (Å²) in [5, 5.41) is 11.5. The Morgan fingerprint density at radius 2 is 1.81 bits per heavy atom. The van der Waals surface area contributed by atoms with Gasteiger partial charge in [-0.3, -0.25) is 4.79 Å². The minimum atomic E-state index is -0.918. The van der Waals surface area contributed by atoms with E-state index in [1.165, 1.54) is 18.6 Å². The Hall–Kier alpha value is -3.39. The van der Waals surface area contributed by atoms with Crippen molar-refractivity contribution in [1.82, 2.24) is 0 Å². The molecular formula is C21H20N2O3. The maximum absolute atomic E-state index is 12.1. The highest BCUT2D eigenvalue weighted by molar-refractivity contribution is 5.96. The van der Waals surface area contributed by atoms with Crippen LogP contribution in [0.25, 0.3) is 6.08 Å². The molecule has 26 heavy (non-hydrogen) atoms. The molecule has 132 valence electrons. The van der Waals surface area contributed by atoms with Gasteiger partial charge in [0.25, 0.3) is 5.91 Å². The van der Waals surface area contributed by atoms with Gasteiger partial charge >= 0.3 is 5.97 Å². The predicted octanol–water partition coefficient (Wildman–Crippen LogP) is 3.70. The highest BCUT2D eigenvalue weighted by Crippen LogP contribution is 2.11. The first kappa shape index (κ1) is 18.9. The number of benzene rings is 2. The maximum atomic E-state index is 12.1. The Morgan fingerprint density at radius 3 is 2.38 bits per heavy atom. The number of nitrogens with zero attached hydrogens (tertiary/aromatic N) is 1. The lowest BCUT2D eigenvalue weighted by Crippen LogP contribution is -2.29. The standard InChI is InChI=1S/C21H20N2O3/c1-3-16-8-11-19(12-9-16)23-21(25)15(2)26-20(24)13-10-17-4-6-18(14-22)7-5-17/h4-13,15H,3H2,1-2H3,(H,23,25)/b13-10+/t15-/m1/s1. The third kappa shape index (κ3) is 5.60. The molecule has 0 saturated heterocycles. The van der Waals surface area contributed by atoms with Crippen LogP contribution in [0, 0.1) is 11.3 Å². The van der Waals surface area contributed by atoms with Crippen molar-refractivity contribution in [2.75, 3.05) is 5.32 Å².